The first-order valence-corrected chi connectivity index (χ1v) is 40.1. The lowest BCUT2D eigenvalue weighted by molar-refractivity contribution is 1.15. The fourth-order valence-corrected chi connectivity index (χ4v) is 17.5. The molecule has 23 aromatic rings. The van der Waals surface area contributed by atoms with E-state index in [-0.39, 0.29) is 0 Å². The number of para-hydroxylation sites is 6. The molecule has 0 fully saturated rings. The largest absolute Gasteiger partial charge is 0.309 e. The predicted molar refractivity (Wildman–Crippen MR) is 490 cm³/mol. The zero-order chi connectivity index (χ0) is 78.0. The standard InChI is InChI=1S/C58H38N4.C52H34N4/c1-4-16-39(17-5-1)41-28-30-43(31-29-41)53-38-52(42-20-8-3-9-21-42)59-58(60-53)45-34-44(40-18-6-2-7-19-40)35-47(36-45)62-56-27-15-12-24-50(56)51-37-46(32-33-57(51)62)61-54-25-13-10-22-48(54)49-23-11-14-26-55(49)61;1-4-16-35(17-5-1)38-30-39(52-53-46(36-18-6-2-7-19-36)34-47(54-52)37-20-8-3-9-21-37)32-41(31-38)56-50-27-15-12-24-44(50)45-33-40(28-29-51(45)56)55-48-25-13-10-22-42(48)43-23-11-14-26-49(43)55/h1-38H;1-34H. The fraction of sp³-hybridized carbons (Fsp3) is 0. The number of aromatic nitrogens is 8. The van der Waals surface area contributed by atoms with Gasteiger partial charge in [0.25, 0.3) is 0 Å². The molecule has 8 nitrogen and oxygen atoms in total. The smallest absolute Gasteiger partial charge is 0.160 e. The zero-order valence-corrected chi connectivity index (χ0v) is 64.1. The molecule has 0 aliphatic heterocycles. The molecule has 552 valence electrons. The lowest BCUT2D eigenvalue weighted by atomic mass is 10.00. The van der Waals surface area contributed by atoms with Gasteiger partial charge < -0.3 is 18.3 Å². The van der Waals surface area contributed by atoms with Crippen molar-refractivity contribution in [3.8, 4) is 124 Å². The number of nitrogens with zero attached hydrogens (tertiary/aromatic N) is 8. The second-order valence-corrected chi connectivity index (χ2v) is 30.1. The summed E-state index contributed by atoms with van der Waals surface area (Å²) in [6, 6.07) is 155. The van der Waals surface area contributed by atoms with Crippen LogP contribution in [0.1, 0.15) is 0 Å². The van der Waals surface area contributed by atoms with E-state index in [4.69, 9.17) is 19.9 Å². The summed E-state index contributed by atoms with van der Waals surface area (Å²) in [5, 5.41) is 9.79. The van der Waals surface area contributed by atoms with Gasteiger partial charge in [-0.2, -0.15) is 0 Å². The summed E-state index contributed by atoms with van der Waals surface area (Å²) in [7, 11) is 0. The Kier molecular flexibility index (Phi) is 17.1. The Hall–Kier alpha value is -15.9. The Morgan fingerprint density at radius 3 is 0.644 bits per heavy atom. The molecule has 0 radical (unpaired) electrons. The van der Waals surface area contributed by atoms with Crippen molar-refractivity contribution in [2.75, 3.05) is 0 Å². The Bertz CT molecular complexity index is 7600. The molecule has 17 aromatic carbocycles. The average Bonchev–Trinajstić information content (AvgIpc) is 1.57. The van der Waals surface area contributed by atoms with Crippen molar-refractivity contribution in [1.82, 2.24) is 38.2 Å². The molecule has 0 bridgehead atoms. The number of hydrogen-bond acceptors (Lipinski definition) is 4. The van der Waals surface area contributed by atoms with E-state index in [0.717, 1.165) is 123 Å². The van der Waals surface area contributed by atoms with Gasteiger partial charge in [0, 0.05) is 99.2 Å². The second-order valence-electron chi connectivity index (χ2n) is 30.1. The highest BCUT2D eigenvalue weighted by Crippen LogP contribution is 2.43. The maximum atomic E-state index is 5.35. The molecule has 6 heterocycles. The first-order chi connectivity index (χ1) is 58.5. The number of fused-ring (bicyclic) bond motifs is 12. The third-order valence-electron chi connectivity index (χ3n) is 23.0. The summed E-state index contributed by atoms with van der Waals surface area (Å²) in [4.78, 5) is 21.2. The maximum Gasteiger partial charge on any atom is 0.160 e. The highest BCUT2D eigenvalue weighted by atomic mass is 15.0. The zero-order valence-electron chi connectivity index (χ0n) is 64.1. The van der Waals surface area contributed by atoms with Gasteiger partial charge in [0.05, 0.1) is 66.9 Å². The van der Waals surface area contributed by atoms with Crippen LogP contribution in [0.3, 0.4) is 0 Å². The van der Waals surface area contributed by atoms with Gasteiger partial charge in [-0.25, -0.2) is 19.9 Å². The van der Waals surface area contributed by atoms with Crippen molar-refractivity contribution in [2.24, 2.45) is 0 Å². The van der Waals surface area contributed by atoms with Gasteiger partial charge in [-0.05, 0) is 155 Å². The molecule has 0 atom stereocenters. The number of benzene rings is 17. The van der Waals surface area contributed by atoms with Crippen molar-refractivity contribution < 1.29 is 0 Å². The van der Waals surface area contributed by atoms with E-state index in [1.165, 1.54) is 76.3 Å². The van der Waals surface area contributed by atoms with Crippen LogP contribution in [-0.4, -0.2) is 38.2 Å². The minimum Gasteiger partial charge on any atom is -0.309 e. The van der Waals surface area contributed by atoms with Crippen molar-refractivity contribution in [2.45, 2.75) is 0 Å². The van der Waals surface area contributed by atoms with Crippen molar-refractivity contribution in [3.05, 3.63) is 437 Å². The van der Waals surface area contributed by atoms with E-state index in [1.807, 2.05) is 18.2 Å². The molecule has 0 unspecified atom stereocenters. The molecular weight excluding hydrogens is 1430 g/mol. The number of hydrogen-bond donors (Lipinski definition) is 0. The minimum absolute atomic E-state index is 0.668. The predicted octanol–water partition coefficient (Wildman–Crippen LogP) is 28.3. The van der Waals surface area contributed by atoms with Crippen LogP contribution in [0.2, 0.25) is 0 Å². The Morgan fingerprint density at radius 1 is 0.127 bits per heavy atom. The molecule has 0 aliphatic rings. The molecule has 0 amide bonds. The molecule has 0 spiro atoms. The van der Waals surface area contributed by atoms with Gasteiger partial charge in [-0.3, -0.25) is 0 Å². The third-order valence-corrected chi connectivity index (χ3v) is 23.0. The molecule has 23 rings (SSSR count). The summed E-state index contributed by atoms with van der Waals surface area (Å²) in [6.45, 7) is 0. The summed E-state index contributed by atoms with van der Waals surface area (Å²) >= 11 is 0. The normalized spacial score (nSPS) is 11.6. The minimum atomic E-state index is 0.668. The van der Waals surface area contributed by atoms with Crippen LogP contribution < -0.4 is 0 Å². The first-order valence-electron chi connectivity index (χ1n) is 40.1. The molecule has 0 saturated heterocycles. The quantitative estimate of drug-likeness (QED) is 0.115. The molecule has 8 heteroatoms. The van der Waals surface area contributed by atoms with Gasteiger partial charge >= 0.3 is 0 Å². The van der Waals surface area contributed by atoms with Gasteiger partial charge in [-0.15, -0.1) is 0 Å². The van der Waals surface area contributed by atoms with Crippen LogP contribution in [0, 0.1) is 0 Å². The lowest BCUT2D eigenvalue weighted by Crippen LogP contribution is -1.99. The van der Waals surface area contributed by atoms with Crippen molar-refractivity contribution in [1.29, 1.82) is 0 Å². The van der Waals surface area contributed by atoms with Gasteiger partial charge in [-0.1, -0.05) is 315 Å². The van der Waals surface area contributed by atoms with E-state index in [0.29, 0.717) is 11.6 Å². The van der Waals surface area contributed by atoms with E-state index >= 15 is 0 Å². The monoisotopic (exact) mass is 1500 g/mol. The average molecular weight is 1510 g/mol. The van der Waals surface area contributed by atoms with Crippen molar-refractivity contribution in [3.63, 3.8) is 0 Å². The molecular formula is C110H72N8. The number of rotatable bonds is 13. The maximum absolute atomic E-state index is 5.35. The molecule has 0 N–H and O–H groups in total. The Morgan fingerprint density at radius 2 is 0.339 bits per heavy atom. The first kappa shape index (κ1) is 68.9. The third kappa shape index (κ3) is 12.4. The summed E-state index contributed by atoms with van der Waals surface area (Å²) in [6.07, 6.45) is 0. The van der Waals surface area contributed by atoms with Crippen LogP contribution in [0.25, 0.3) is 211 Å². The topological polar surface area (TPSA) is 71.3 Å². The molecule has 6 aromatic heterocycles. The van der Waals surface area contributed by atoms with E-state index < -0.39 is 0 Å². The van der Waals surface area contributed by atoms with Crippen LogP contribution in [-0.2, 0) is 0 Å². The van der Waals surface area contributed by atoms with E-state index in [1.54, 1.807) is 0 Å². The van der Waals surface area contributed by atoms with Crippen LogP contribution in [0.15, 0.2) is 437 Å². The van der Waals surface area contributed by atoms with Crippen molar-refractivity contribution >= 4 is 87.2 Å². The summed E-state index contributed by atoms with van der Waals surface area (Å²) in [5.74, 6) is 1.35. The van der Waals surface area contributed by atoms with E-state index in [9.17, 15) is 0 Å². The van der Waals surface area contributed by atoms with Gasteiger partial charge in [0.1, 0.15) is 0 Å². The van der Waals surface area contributed by atoms with Crippen LogP contribution >= 0.6 is 0 Å². The van der Waals surface area contributed by atoms with E-state index in [2.05, 4.69) is 437 Å². The van der Waals surface area contributed by atoms with Gasteiger partial charge in [0.15, 0.2) is 11.6 Å². The van der Waals surface area contributed by atoms with Crippen LogP contribution in [0.4, 0.5) is 0 Å². The Balaban J connectivity index is 0.000000143. The highest BCUT2D eigenvalue weighted by Gasteiger charge is 2.23. The molecule has 0 saturated carbocycles. The summed E-state index contributed by atoms with van der Waals surface area (Å²) in [5.41, 5.74) is 30.1. The molecule has 0 aliphatic carbocycles. The van der Waals surface area contributed by atoms with Crippen LogP contribution in [0.5, 0.6) is 0 Å². The van der Waals surface area contributed by atoms with Gasteiger partial charge in [0.2, 0.25) is 0 Å². The highest BCUT2D eigenvalue weighted by molar-refractivity contribution is 6.14. The Labute approximate surface area is 681 Å². The second kappa shape index (κ2) is 29.3. The lowest BCUT2D eigenvalue weighted by Gasteiger charge is -2.15. The molecule has 118 heavy (non-hydrogen) atoms. The fourth-order valence-electron chi connectivity index (χ4n) is 17.5. The SMILES string of the molecule is c1ccc(-c2cc(-c3nc(-c4ccccc4)cc(-c4ccccc4)n3)cc(-n3c4ccccc4c4cc(-n5c6ccccc6c6ccccc65)ccc43)c2)cc1.c1ccc(-c2ccc(-c3cc(-c4ccccc4)nc(-c4cc(-c5ccccc5)cc(-n5c6ccccc6c6cc(-n7c8ccccc8c8ccccc87)ccc65)c4)n3)cc2)cc1. The summed E-state index contributed by atoms with van der Waals surface area (Å²) < 4.78 is 9.59.